The number of carbonyl (C=O) groups excluding carboxylic acids is 1. The molecule has 0 spiro atoms. The Morgan fingerprint density at radius 3 is 1.58 bits per heavy atom. The lowest BCUT2D eigenvalue weighted by molar-refractivity contribution is -0.154. The number of esters is 1. The number of allylic oxidation sites excluding steroid dienone is 10. The summed E-state index contributed by atoms with van der Waals surface area (Å²) < 4.78 is 11.1. The number of hydrogen-bond donors (Lipinski definition) is 1. The maximum Gasteiger partial charge on any atom is 0.306 e. The topological polar surface area (TPSA) is 55.8 Å². The Morgan fingerprint density at radius 1 is 0.581 bits per heavy atom. The van der Waals surface area contributed by atoms with Gasteiger partial charge in [-0.05, 0) is 70.6 Å². The molecule has 0 aliphatic heterocycles. The van der Waals surface area contributed by atoms with Crippen LogP contribution in [0.15, 0.2) is 60.8 Å². The molecule has 0 radical (unpaired) electrons. The minimum Gasteiger partial charge on any atom is -0.457 e. The van der Waals surface area contributed by atoms with Crippen molar-refractivity contribution in [3.05, 3.63) is 60.8 Å². The molecule has 0 aliphatic rings. The lowest BCUT2D eigenvalue weighted by Crippen LogP contribution is -2.27. The molecule has 0 bridgehead atoms. The first-order chi connectivity index (χ1) is 21.2. The molecule has 0 aromatic carbocycles. The van der Waals surface area contributed by atoms with Crippen molar-refractivity contribution >= 4 is 5.97 Å². The highest BCUT2D eigenvalue weighted by atomic mass is 16.6. The Labute approximate surface area is 266 Å². The van der Waals surface area contributed by atoms with Gasteiger partial charge in [0.2, 0.25) is 0 Å². The molecule has 0 aliphatic carbocycles. The quantitative estimate of drug-likeness (QED) is 0.0474. The van der Waals surface area contributed by atoms with Gasteiger partial charge in [-0.15, -0.1) is 0 Å². The maximum absolute atomic E-state index is 12.1. The summed E-state index contributed by atoms with van der Waals surface area (Å²) in [6.45, 7) is 5.13. The molecule has 0 aromatic heterocycles. The van der Waals surface area contributed by atoms with Gasteiger partial charge in [-0.1, -0.05) is 139 Å². The van der Waals surface area contributed by atoms with E-state index in [0.29, 0.717) is 13.0 Å². The third-order valence-electron chi connectivity index (χ3n) is 7.31. The van der Waals surface area contributed by atoms with E-state index >= 15 is 0 Å². The predicted octanol–water partition coefficient (Wildman–Crippen LogP) is 11.3. The minimum atomic E-state index is -0.546. The molecule has 0 fully saturated rings. The van der Waals surface area contributed by atoms with Crippen LogP contribution in [0.3, 0.4) is 0 Å². The molecular formula is C39H68O4. The van der Waals surface area contributed by atoms with Gasteiger partial charge in [0.25, 0.3) is 0 Å². The maximum atomic E-state index is 12.1. The van der Waals surface area contributed by atoms with Crippen molar-refractivity contribution in [3.8, 4) is 0 Å². The van der Waals surface area contributed by atoms with Crippen molar-refractivity contribution in [1.29, 1.82) is 0 Å². The molecule has 0 amide bonds. The van der Waals surface area contributed by atoms with Gasteiger partial charge in [-0.25, -0.2) is 0 Å². The Balaban J connectivity index is 3.50. The summed E-state index contributed by atoms with van der Waals surface area (Å²) in [4.78, 5) is 12.1. The molecule has 1 unspecified atom stereocenters. The predicted molar refractivity (Wildman–Crippen MR) is 186 cm³/mol. The molecule has 43 heavy (non-hydrogen) atoms. The number of aliphatic hydroxyl groups excluding tert-OH is 1. The Bertz CT molecular complexity index is 719. The first kappa shape index (κ1) is 41.1. The average Bonchev–Trinajstić information content (AvgIpc) is 3.01. The van der Waals surface area contributed by atoms with Crippen LogP contribution in [0.5, 0.6) is 0 Å². The Kier molecular flexibility index (Phi) is 34.7. The van der Waals surface area contributed by atoms with Gasteiger partial charge in [0.05, 0.1) is 13.2 Å². The van der Waals surface area contributed by atoms with E-state index in [0.717, 1.165) is 51.4 Å². The van der Waals surface area contributed by atoms with Crippen molar-refractivity contribution in [2.75, 3.05) is 19.8 Å². The van der Waals surface area contributed by atoms with Gasteiger partial charge in [0.15, 0.2) is 0 Å². The van der Waals surface area contributed by atoms with E-state index in [1.165, 1.54) is 83.5 Å². The number of aliphatic hydroxyl groups is 1. The van der Waals surface area contributed by atoms with Crippen LogP contribution >= 0.6 is 0 Å². The molecule has 1 atom stereocenters. The standard InChI is InChI=1S/C39H68O4/c1-3-5-7-9-11-13-15-17-19-20-21-22-24-26-28-30-32-34-39(41)43-38(36-40)37-42-35-33-31-29-27-25-23-18-16-14-12-10-8-6-4-2/h5,7-8,10-11,13-14,16-17,19,38,40H,3-4,6,9,12,15,18,20-37H2,1-2H3/b7-5-,10-8-,13-11-,16-14-,19-17-. The van der Waals surface area contributed by atoms with Crippen molar-refractivity contribution in [2.24, 2.45) is 0 Å². The van der Waals surface area contributed by atoms with E-state index in [4.69, 9.17) is 9.47 Å². The molecule has 0 aromatic rings. The molecule has 0 saturated heterocycles. The van der Waals surface area contributed by atoms with Crippen molar-refractivity contribution in [3.63, 3.8) is 0 Å². The van der Waals surface area contributed by atoms with Gasteiger partial charge in [0.1, 0.15) is 6.10 Å². The summed E-state index contributed by atoms with van der Waals surface area (Å²) in [7, 11) is 0. The Morgan fingerprint density at radius 2 is 1.05 bits per heavy atom. The number of rotatable bonds is 32. The SMILES string of the molecule is CC/C=C\C/C=C\C/C=C\CCCCCCCCCC(=O)OC(CO)COCCCCCCCC/C=C\C/C=C\CCC. The normalized spacial score (nSPS) is 13.1. The Hall–Kier alpha value is -1.91. The zero-order valence-corrected chi connectivity index (χ0v) is 28.2. The average molecular weight is 601 g/mol. The number of hydrogen-bond acceptors (Lipinski definition) is 4. The first-order valence-electron chi connectivity index (χ1n) is 17.9. The second-order valence-corrected chi connectivity index (χ2v) is 11.6. The highest BCUT2D eigenvalue weighted by Crippen LogP contribution is 2.12. The van der Waals surface area contributed by atoms with Crippen LogP contribution in [-0.2, 0) is 14.3 Å². The summed E-state index contributed by atoms with van der Waals surface area (Å²) in [5.41, 5.74) is 0. The fourth-order valence-corrected chi connectivity index (χ4v) is 4.67. The zero-order valence-electron chi connectivity index (χ0n) is 28.2. The summed E-state index contributed by atoms with van der Waals surface area (Å²) in [6.07, 6.45) is 46.8. The fourth-order valence-electron chi connectivity index (χ4n) is 4.67. The van der Waals surface area contributed by atoms with E-state index in [1.54, 1.807) is 0 Å². The van der Waals surface area contributed by atoms with Crippen LogP contribution in [0.25, 0.3) is 0 Å². The lowest BCUT2D eigenvalue weighted by Gasteiger charge is -2.15. The van der Waals surface area contributed by atoms with Crippen molar-refractivity contribution < 1.29 is 19.4 Å². The third-order valence-corrected chi connectivity index (χ3v) is 7.31. The zero-order chi connectivity index (χ0) is 31.3. The molecule has 0 rings (SSSR count). The van der Waals surface area contributed by atoms with E-state index in [9.17, 15) is 9.90 Å². The number of ether oxygens (including phenoxy) is 2. The second-order valence-electron chi connectivity index (χ2n) is 11.6. The van der Waals surface area contributed by atoms with Crippen LogP contribution < -0.4 is 0 Å². The van der Waals surface area contributed by atoms with Gasteiger partial charge in [0, 0.05) is 13.0 Å². The molecule has 0 saturated carbocycles. The highest BCUT2D eigenvalue weighted by Gasteiger charge is 2.13. The third kappa shape index (κ3) is 34.4. The van der Waals surface area contributed by atoms with E-state index in [-0.39, 0.29) is 19.2 Å². The highest BCUT2D eigenvalue weighted by molar-refractivity contribution is 5.69. The van der Waals surface area contributed by atoms with Crippen LogP contribution in [0, 0.1) is 0 Å². The summed E-state index contributed by atoms with van der Waals surface area (Å²) in [6, 6.07) is 0. The smallest absolute Gasteiger partial charge is 0.306 e. The van der Waals surface area contributed by atoms with Crippen molar-refractivity contribution in [2.45, 2.75) is 161 Å². The molecular weight excluding hydrogens is 532 g/mol. The van der Waals surface area contributed by atoms with E-state index in [2.05, 4.69) is 74.6 Å². The fraction of sp³-hybridized carbons (Fsp3) is 0.718. The van der Waals surface area contributed by atoms with Crippen LogP contribution in [-0.4, -0.2) is 37.0 Å². The van der Waals surface area contributed by atoms with Gasteiger partial charge in [-0.3, -0.25) is 4.79 Å². The molecule has 4 nitrogen and oxygen atoms in total. The van der Waals surface area contributed by atoms with Crippen LogP contribution in [0.1, 0.15) is 155 Å². The van der Waals surface area contributed by atoms with E-state index < -0.39 is 6.10 Å². The number of unbranched alkanes of at least 4 members (excludes halogenated alkanes) is 14. The molecule has 248 valence electrons. The minimum absolute atomic E-state index is 0.183. The monoisotopic (exact) mass is 601 g/mol. The summed E-state index contributed by atoms with van der Waals surface area (Å²) in [5.74, 6) is -0.218. The van der Waals surface area contributed by atoms with Crippen molar-refractivity contribution in [1.82, 2.24) is 0 Å². The second kappa shape index (κ2) is 36.3. The summed E-state index contributed by atoms with van der Waals surface area (Å²) >= 11 is 0. The van der Waals surface area contributed by atoms with Crippen LogP contribution in [0.2, 0.25) is 0 Å². The molecule has 4 heteroatoms. The first-order valence-corrected chi connectivity index (χ1v) is 17.9. The van der Waals surface area contributed by atoms with E-state index in [1.807, 2.05) is 0 Å². The van der Waals surface area contributed by atoms with Gasteiger partial charge in [-0.2, -0.15) is 0 Å². The van der Waals surface area contributed by atoms with Gasteiger partial charge < -0.3 is 14.6 Å². The molecule has 1 N–H and O–H groups in total. The summed E-state index contributed by atoms with van der Waals surface area (Å²) in [5, 5.41) is 9.55. The van der Waals surface area contributed by atoms with Crippen LogP contribution in [0.4, 0.5) is 0 Å². The lowest BCUT2D eigenvalue weighted by atomic mass is 10.1. The molecule has 0 heterocycles. The number of carbonyl (C=O) groups is 1. The largest absolute Gasteiger partial charge is 0.457 e. The van der Waals surface area contributed by atoms with Gasteiger partial charge >= 0.3 is 5.97 Å².